The third-order valence-electron chi connectivity index (χ3n) is 7.17. The Hall–Kier alpha value is -3.68. The summed E-state index contributed by atoms with van der Waals surface area (Å²) in [6, 6.07) is 31.9. The fourth-order valence-electron chi connectivity index (χ4n) is 4.64. The summed E-state index contributed by atoms with van der Waals surface area (Å²) in [5.74, 6) is 1.89. The lowest BCUT2D eigenvalue weighted by Crippen LogP contribution is -1.94. The average Bonchev–Trinajstić information content (AvgIpc) is 3.69. The first-order valence-corrected chi connectivity index (χ1v) is 17.2. The van der Waals surface area contributed by atoms with Crippen molar-refractivity contribution in [3.63, 3.8) is 0 Å². The van der Waals surface area contributed by atoms with Gasteiger partial charge in [-0.3, -0.25) is 0 Å². The molecule has 4 nitrogen and oxygen atoms in total. The molecule has 0 saturated heterocycles. The zero-order valence-electron chi connectivity index (χ0n) is 25.4. The van der Waals surface area contributed by atoms with Gasteiger partial charge in [-0.1, -0.05) is 116 Å². The molecule has 0 aliphatic rings. The number of nitrogens with zero attached hydrogens (tertiary/aromatic N) is 4. The van der Waals surface area contributed by atoms with E-state index in [1.807, 2.05) is 84.9 Å². The molecule has 0 spiro atoms. The lowest BCUT2D eigenvalue weighted by atomic mass is 10.2. The molecule has 6 rings (SSSR count). The molecule has 0 atom stereocenters. The summed E-state index contributed by atoms with van der Waals surface area (Å²) in [4.78, 5) is 9.47. The van der Waals surface area contributed by atoms with Crippen molar-refractivity contribution in [2.45, 2.75) is 26.9 Å². The van der Waals surface area contributed by atoms with Crippen molar-refractivity contribution in [2.75, 3.05) is 0 Å². The van der Waals surface area contributed by atoms with Crippen LogP contribution in [-0.4, -0.2) is 19.1 Å². The Morgan fingerprint density at radius 3 is 1.20 bits per heavy atom. The largest absolute Gasteiger partial charge is 0.331 e. The highest BCUT2D eigenvalue weighted by atomic mass is 79.9. The van der Waals surface area contributed by atoms with E-state index in [0.717, 1.165) is 77.4 Å². The summed E-state index contributed by atoms with van der Waals surface area (Å²) in [6.45, 7) is 5.98. The van der Waals surface area contributed by atoms with Gasteiger partial charge in [0.15, 0.2) is 0 Å². The molecular formula is C38H32Br2Cl2N4. The van der Waals surface area contributed by atoms with Crippen molar-refractivity contribution in [3.8, 4) is 22.5 Å². The first-order chi connectivity index (χ1) is 22.3. The van der Waals surface area contributed by atoms with E-state index in [9.17, 15) is 0 Å². The summed E-state index contributed by atoms with van der Waals surface area (Å²) in [6.07, 6.45) is 12.4. The molecule has 0 amide bonds. The molecule has 4 aromatic carbocycles. The van der Waals surface area contributed by atoms with E-state index in [0.29, 0.717) is 0 Å². The van der Waals surface area contributed by atoms with Crippen molar-refractivity contribution in [1.29, 1.82) is 0 Å². The lowest BCUT2D eigenvalue weighted by Gasteiger charge is -1.99. The molecule has 0 aliphatic carbocycles. The Morgan fingerprint density at radius 1 is 0.522 bits per heavy atom. The molecule has 0 radical (unpaired) electrons. The van der Waals surface area contributed by atoms with E-state index in [1.54, 1.807) is 0 Å². The van der Waals surface area contributed by atoms with Gasteiger partial charge in [0, 0.05) is 55.6 Å². The molecule has 0 saturated carbocycles. The van der Waals surface area contributed by atoms with Crippen LogP contribution in [0, 0.1) is 0 Å². The van der Waals surface area contributed by atoms with E-state index in [1.165, 1.54) is 0 Å². The van der Waals surface area contributed by atoms with Gasteiger partial charge < -0.3 is 9.13 Å². The molecule has 0 N–H and O–H groups in total. The third kappa shape index (κ3) is 9.20. The number of aromatic nitrogens is 4. The lowest BCUT2D eigenvalue weighted by molar-refractivity contribution is 0.753. The molecule has 6 aromatic rings. The zero-order valence-corrected chi connectivity index (χ0v) is 30.1. The number of halogens is 4. The van der Waals surface area contributed by atoms with Gasteiger partial charge in [-0.15, -0.1) is 0 Å². The fourth-order valence-corrected chi connectivity index (χ4v) is 5.42. The van der Waals surface area contributed by atoms with Crippen LogP contribution in [0.15, 0.2) is 118 Å². The molecule has 46 heavy (non-hydrogen) atoms. The minimum Gasteiger partial charge on any atom is -0.331 e. The predicted octanol–water partition coefficient (Wildman–Crippen LogP) is 12.3. The minimum atomic E-state index is 0.735. The van der Waals surface area contributed by atoms with Gasteiger partial charge in [0.1, 0.15) is 11.6 Å². The normalized spacial score (nSPS) is 11.3. The van der Waals surface area contributed by atoms with Gasteiger partial charge in [-0.2, -0.15) is 0 Å². The molecular weight excluding hydrogens is 743 g/mol. The van der Waals surface area contributed by atoms with Gasteiger partial charge in [0.2, 0.25) is 0 Å². The van der Waals surface area contributed by atoms with Gasteiger partial charge in [-0.05, 0) is 85.7 Å². The molecule has 2 aromatic heterocycles. The number of rotatable bonds is 8. The van der Waals surface area contributed by atoms with E-state index in [-0.39, 0.29) is 0 Å². The molecule has 0 unspecified atom stereocenters. The van der Waals surface area contributed by atoms with Gasteiger partial charge in [-0.25, -0.2) is 9.97 Å². The number of imidazole rings is 2. The number of benzene rings is 4. The van der Waals surface area contributed by atoms with Crippen LogP contribution in [0.25, 0.3) is 46.8 Å². The Labute approximate surface area is 297 Å². The predicted molar refractivity (Wildman–Crippen MR) is 203 cm³/mol. The zero-order chi connectivity index (χ0) is 32.5. The summed E-state index contributed by atoms with van der Waals surface area (Å²) in [5, 5.41) is 1.47. The maximum Gasteiger partial charge on any atom is 0.133 e. The first-order valence-electron chi connectivity index (χ1n) is 14.8. The van der Waals surface area contributed by atoms with Crippen molar-refractivity contribution in [2.24, 2.45) is 0 Å². The maximum absolute atomic E-state index is 5.95. The third-order valence-corrected chi connectivity index (χ3v) is 8.73. The van der Waals surface area contributed by atoms with Gasteiger partial charge in [0.05, 0.1) is 11.4 Å². The van der Waals surface area contributed by atoms with Crippen LogP contribution in [0.2, 0.25) is 10.0 Å². The number of hydrogen-bond donors (Lipinski definition) is 0. The van der Waals surface area contributed by atoms with Gasteiger partial charge >= 0.3 is 0 Å². The van der Waals surface area contributed by atoms with Crippen LogP contribution >= 0.6 is 55.1 Å². The second kappa shape index (κ2) is 16.2. The van der Waals surface area contributed by atoms with Crippen LogP contribution in [0.3, 0.4) is 0 Å². The minimum absolute atomic E-state index is 0.735. The Balaban J connectivity index is 0.000000181. The maximum atomic E-state index is 5.95. The SMILES string of the molecule is CCn1cc(-c2ccc(Cl)cc2)nc1/C=C/c1ccc(Br)cc1.CCn1cc(-c2ccc(Cl)cc2)nc1/C=C/c1ccc(Br)cc1. The van der Waals surface area contributed by atoms with Crippen molar-refractivity contribution >= 4 is 79.4 Å². The number of aryl methyl sites for hydroxylation is 2. The topological polar surface area (TPSA) is 35.6 Å². The van der Waals surface area contributed by atoms with E-state index in [2.05, 4.69) is 104 Å². The van der Waals surface area contributed by atoms with E-state index < -0.39 is 0 Å². The summed E-state index contributed by atoms with van der Waals surface area (Å²) < 4.78 is 6.43. The molecule has 0 aliphatic heterocycles. The first kappa shape index (κ1) is 33.7. The summed E-state index contributed by atoms with van der Waals surface area (Å²) >= 11 is 18.8. The summed E-state index contributed by atoms with van der Waals surface area (Å²) in [5.41, 5.74) is 6.34. The Bertz CT molecular complexity index is 1780. The second-order valence-electron chi connectivity index (χ2n) is 10.3. The van der Waals surface area contributed by atoms with Crippen LogP contribution in [0.4, 0.5) is 0 Å². The Morgan fingerprint density at radius 2 is 0.870 bits per heavy atom. The molecule has 0 fully saturated rings. The van der Waals surface area contributed by atoms with Crippen molar-refractivity contribution in [3.05, 3.63) is 151 Å². The molecule has 232 valence electrons. The van der Waals surface area contributed by atoms with Gasteiger partial charge in [0.25, 0.3) is 0 Å². The van der Waals surface area contributed by atoms with Crippen LogP contribution in [0.1, 0.15) is 36.6 Å². The van der Waals surface area contributed by atoms with Crippen molar-refractivity contribution < 1.29 is 0 Å². The highest BCUT2D eigenvalue weighted by molar-refractivity contribution is 9.10. The van der Waals surface area contributed by atoms with E-state index >= 15 is 0 Å². The highest BCUT2D eigenvalue weighted by Crippen LogP contribution is 2.24. The monoisotopic (exact) mass is 772 g/mol. The second-order valence-corrected chi connectivity index (χ2v) is 13.0. The smallest absolute Gasteiger partial charge is 0.133 e. The summed E-state index contributed by atoms with van der Waals surface area (Å²) in [7, 11) is 0. The Kier molecular flexibility index (Phi) is 11.9. The van der Waals surface area contributed by atoms with Crippen LogP contribution in [0.5, 0.6) is 0 Å². The van der Waals surface area contributed by atoms with Crippen molar-refractivity contribution in [1.82, 2.24) is 19.1 Å². The van der Waals surface area contributed by atoms with Crippen LogP contribution in [-0.2, 0) is 13.1 Å². The quantitative estimate of drug-likeness (QED) is 0.154. The standard InChI is InChI=1S/2C19H16BrClN2/c2*1-2-23-13-18(15-6-10-17(21)11-7-15)22-19(23)12-5-14-3-8-16(20)9-4-14/h2*3-13H,2H2,1H3/b2*12-5+. The molecule has 2 heterocycles. The number of hydrogen-bond acceptors (Lipinski definition) is 2. The average molecular weight is 775 g/mol. The van der Waals surface area contributed by atoms with Crippen LogP contribution < -0.4 is 0 Å². The molecule has 8 heteroatoms. The molecule has 0 bridgehead atoms. The fraction of sp³-hybridized carbons (Fsp3) is 0.105. The van der Waals surface area contributed by atoms with E-state index in [4.69, 9.17) is 33.2 Å². The highest BCUT2D eigenvalue weighted by Gasteiger charge is 2.08.